The van der Waals surface area contributed by atoms with Gasteiger partial charge in [0, 0.05) is 0 Å². The van der Waals surface area contributed by atoms with Gasteiger partial charge in [0.1, 0.15) is 0 Å². The van der Waals surface area contributed by atoms with Gasteiger partial charge in [0.15, 0.2) is 24.7 Å². The molecule has 0 saturated carbocycles. The molecule has 0 bridgehead atoms. The van der Waals surface area contributed by atoms with Gasteiger partial charge in [-0.15, -0.1) is 0 Å². The molecule has 20 heavy (non-hydrogen) atoms. The smallest absolute Gasteiger partial charge is 0.238 e. The van der Waals surface area contributed by atoms with E-state index in [1.807, 2.05) is 0 Å². The molecule has 0 fully saturated rings. The minimum Gasteiger partial charge on any atom is -0.238 e. The lowest BCUT2D eigenvalue weighted by Crippen LogP contribution is -2.30. The molecule has 4 atom stereocenters. The zero-order valence-electron chi connectivity index (χ0n) is 9.15. The van der Waals surface area contributed by atoms with Crippen LogP contribution in [-0.2, 0) is 0 Å². The summed E-state index contributed by atoms with van der Waals surface area (Å²) < 4.78 is 135. The molecule has 0 aromatic rings. The Bertz CT molecular complexity index is 183. The first kappa shape index (κ1) is 21.5. The summed E-state index contributed by atoms with van der Waals surface area (Å²) in [5.41, 5.74) is 0. The van der Waals surface area contributed by atoms with Gasteiger partial charge >= 0.3 is 0 Å². The number of alkyl halides is 12. The molecular weight excluding hydrogens is 324 g/mol. The predicted molar refractivity (Wildman–Crippen MR) is 43.6 cm³/mol. The minimum absolute atomic E-state index is 3.39. The second-order valence-electron chi connectivity index (χ2n) is 3.12. The van der Waals surface area contributed by atoms with Gasteiger partial charge in [-0.2, -0.15) is 0 Å². The van der Waals surface area contributed by atoms with Crippen molar-refractivity contribution >= 4 is 0 Å². The lowest BCUT2D eigenvalue weighted by molar-refractivity contribution is -0.0570. The molecule has 0 aliphatic carbocycles. The highest BCUT2D eigenvalue weighted by Crippen LogP contribution is 2.19. The maximum absolute atomic E-state index is 11.6. The Balaban J connectivity index is 0. The Kier molecular flexibility index (Phi) is 10.7. The van der Waals surface area contributed by atoms with Crippen LogP contribution in [0, 0.1) is 0 Å². The fourth-order valence-electron chi connectivity index (χ4n) is 0.556. The van der Waals surface area contributed by atoms with E-state index in [-0.39, 0.29) is 0 Å². The van der Waals surface area contributed by atoms with Gasteiger partial charge in [0.25, 0.3) is 25.7 Å². The number of hydrogen-bond donors (Lipinski definition) is 0. The van der Waals surface area contributed by atoms with E-state index in [1.165, 1.54) is 0 Å². The summed E-state index contributed by atoms with van der Waals surface area (Å²) in [6.45, 7) is 0. The molecule has 4 unspecified atom stereocenters. The SMILES string of the molecule is FC(F)C(F)C(F)C(F)F.FC(F)C(F)C(F)C(F)F. The molecule has 0 amide bonds. The van der Waals surface area contributed by atoms with Gasteiger partial charge in [-0.1, -0.05) is 0 Å². The van der Waals surface area contributed by atoms with Crippen LogP contribution in [0.5, 0.6) is 0 Å². The molecule has 0 aliphatic rings. The molecule has 0 saturated heterocycles. The first-order valence-electron chi connectivity index (χ1n) is 4.62. The second kappa shape index (κ2) is 9.97. The van der Waals surface area contributed by atoms with Crippen molar-refractivity contribution in [2.24, 2.45) is 0 Å². The van der Waals surface area contributed by atoms with Crippen LogP contribution in [0.3, 0.4) is 0 Å². The lowest BCUT2D eigenvalue weighted by atomic mass is 10.2. The summed E-state index contributed by atoms with van der Waals surface area (Å²) in [6, 6.07) is 0. The van der Waals surface area contributed by atoms with Crippen molar-refractivity contribution in [3.63, 3.8) is 0 Å². The Morgan fingerprint density at radius 1 is 0.250 bits per heavy atom. The van der Waals surface area contributed by atoms with Crippen LogP contribution in [0.25, 0.3) is 0 Å². The van der Waals surface area contributed by atoms with Gasteiger partial charge < -0.3 is 0 Å². The Hall–Kier alpha value is -0.840. The molecule has 0 heterocycles. The van der Waals surface area contributed by atoms with Crippen LogP contribution in [0.2, 0.25) is 0 Å². The normalized spacial score (nSPS) is 18.0. The molecule has 0 spiro atoms. The van der Waals surface area contributed by atoms with Crippen LogP contribution in [0.4, 0.5) is 52.7 Å². The summed E-state index contributed by atoms with van der Waals surface area (Å²) in [6.07, 6.45) is -28.3. The largest absolute Gasteiger partial charge is 0.272 e. The van der Waals surface area contributed by atoms with Crippen molar-refractivity contribution in [3.05, 3.63) is 0 Å². The Labute approximate surface area is 104 Å². The summed E-state index contributed by atoms with van der Waals surface area (Å²) >= 11 is 0. The quantitative estimate of drug-likeness (QED) is 0.633. The highest BCUT2D eigenvalue weighted by atomic mass is 19.3. The number of rotatable bonds is 6. The fourth-order valence-corrected chi connectivity index (χ4v) is 0.556. The maximum atomic E-state index is 11.6. The first-order chi connectivity index (χ1) is 8.93. The van der Waals surface area contributed by atoms with E-state index in [0.29, 0.717) is 0 Å². The van der Waals surface area contributed by atoms with Crippen molar-refractivity contribution in [1.82, 2.24) is 0 Å². The number of halogens is 12. The number of hydrogen-bond acceptors (Lipinski definition) is 0. The summed E-state index contributed by atoms with van der Waals surface area (Å²) in [5, 5.41) is 0. The van der Waals surface area contributed by atoms with E-state index in [2.05, 4.69) is 0 Å². The monoisotopic (exact) mass is 332 g/mol. The Morgan fingerprint density at radius 3 is 0.400 bits per heavy atom. The minimum atomic E-state index is -3.69. The third-order valence-corrected chi connectivity index (χ3v) is 1.57. The third kappa shape index (κ3) is 8.35. The third-order valence-electron chi connectivity index (χ3n) is 1.57. The zero-order chi connectivity index (χ0) is 16.6. The second-order valence-corrected chi connectivity index (χ2v) is 3.12. The molecule has 124 valence electrons. The molecule has 0 aliphatic heterocycles. The van der Waals surface area contributed by atoms with Crippen LogP contribution in [-0.4, -0.2) is 50.4 Å². The molecule has 0 N–H and O–H groups in total. The van der Waals surface area contributed by atoms with E-state index in [9.17, 15) is 52.7 Å². The predicted octanol–water partition coefficient (Wildman–Crippen LogP) is 4.39. The highest BCUT2D eigenvalue weighted by molar-refractivity contribution is 4.72. The van der Waals surface area contributed by atoms with Crippen molar-refractivity contribution < 1.29 is 52.7 Å². The molecule has 0 rings (SSSR count). The zero-order valence-corrected chi connectivity index (χ0v) is 9.15. The van der Waals surface area contributed by atoms with E-state index >= 15 is 0 Å². The van der Waals surface area contributed by atoms with Gasteiger partial charge in [-0.3, -0.25) is 0 Å². The van der Waals surface area contributed by atoms with Crippen molar-refractivity contribution in [1.29, 1.82) is 0 Å². The molecule has 0 radical (unpaired) electrons. The van der Waals surface area contributed by atoms with E-state index < -0.39 is 50.4 Å². The average Bonchev–Trinajstić information content (AvgIpc) is 2.35. The van der Waals surface area contributed by atoms with Crippen LogP contribution in [0.1, 0.15) is 0 Å². The average molecular weight is 332 g/mol. The molecular formula is C8H8F12. The van der Waals surface area contributed by atoms with Crippen LogP contribution >= 0.6 is 0 Å². The Morgan fingerprint density at radius 2 is 0.350 bits per heavy atom. The summed E-state index contributed by atoms with van der Waals surface area (Å²) in [4.78, 5) is 0. The summed E-state index contributed by atoms with van der Waals surface area (Å²) in [5.74, 6) is 0. The maximum Gasteiger partial charge on any atom is 0.272 e. The van der Waals surface area contributed by atoms with Gasteiger partial charge in [-0.25, -0.2) is 52.7 Å². The van der Waals surface area contributed by atoms with Crippen LogP contribution < -0.4 is 0 Å². The van der Waals surface area contributed by atoms with Crippen molar-refractivity contribution in [2.75, 3.05) is 0 Å². The molecule has 0 aromatic heterocycles. The van der Waals surface area contributed by atoms with Crippen molar-refractivity contribution in [2.45, 2.75) is 50.4 Å². The summed E-state index contributed by atoms with van der Waals surface area (Å²) in [7, 11) is 0. The standard InChI is InChI=1S/2C4H4F6/c2*5-1(3(7)8)2(6)4(9)10/h2*1-4H. The topological polar surface area (TPSA) is 0 Å². The van der Waals surface area contributed by atoms with E-state index in [4.69, 9.17) is 0 Å². The molecule has 12 heteroatoms. The van der Waals surface area contributed by atoms with E-state index in [0.717, 1.165) is 0 Å². The van der Waals surface area contributed by atoms with Crippen molar-refractivity contribution in [3.8, 4) is 0 Å². The highest BCUT2D eigenvalue weighted by Gasteiger charge is 2.37. The fraction of sp³-hybridized carbons (Fsp3) is 1.00. The van der Waals surface area contributed by atoms with Gasteiger partial charge in [0.2, 0.25) is 0 Å². The van der Waals surface area contributed by atoms with Gasteiger partial charge in [-0.05, 0) is 0 Å². The molecule has 0 aromatic carbocycles. The van der Waals surface area contributed by atoms with Crippen LogP contribution in [0.15, 0.2) is 0 Å². The molecule has 0 nitrogen and oxygen atoms in total. The van der Waals surface area contributed by atoms with E-state index in [1.54, 1.807) is 0 Å². The lowest BCUT2D eigenvalue weighted by Gasteiger charge is -2.10. The first-order valence-corrected chi connectivity index (χ1v) is 4.62. The van der Waals surface area contributed by atoms with Gasteiger partial charge in [0.05, 0.1) is 0 Å².